The number of amides is 2. The summed E-state index contributed by atoms with van der Waals surface area (Å²) in [6, 6.07) is -2.69. The minimum atomic E-state index is -4.97. The van der Waals surface area contributed by atoms with Crippen LogP contribution in [0, 0.1) is 0 Å². The Bertz CT molecular complexity index is 1430. The molecule has 0 unspecified atom stereocenters. The number of hydrogen-bond donors (Lipinski definition) is 5. The zero-order valence-electron chi connectivity index (χ0n) is 22.1. The second kappa shape index (κ2) is 12.0. The fraction of sp³-hybridized carbons (Fsp3) is 0.571. The Morgan fingerprint density at radius 2 is 2.05 bits per heavy atom. The number of piperazine rings is 1. The fourth-order valence-electron chi connectivity index (χ4n) is 4.09. The Hall–Kier alpha value is -3.72. The normalized spacial score (nSPS) is 20.5. The van der Waals surface area contributed by atoms with Crippen LogP contribution in [0.5, 0.6) is 0 Å². The maximum atomic E-state index is 13.2. The number of nitrogen functional groups attached to an aromatic ring is 1. The summed E-state index contributed by atoms with van der Waals surface area (Å²) < 4.78 is 35.1. The smallest absolute Gasteiger partial charge is 0.362 e. The van der Waals surface area contributed by atoms with Crippen molar-refractivity contribution in [3.63, 3.8) is 0 Å². The summed E-state index contributed by atoms with van der Waals surface area (Å²) in [4.78, 5) is 48.6. The summed E-state index contributed by atoms with van der Waals surface area (Å²) in [5.74, 6) is -3.49. The van der Waals surface area contributed by atoms with Crippen LogP contribution in [0.1, 0.15) is 25.2 Å². The van der Waals surface area contributed by atoms with E-state index < -0.39 is 51.5 Å². The molecule has 6 N–H and O–H groups in total. The molecular weight excluding hydrogens is 584 g/mol. The van der Waals surface area contributed by atoms with E-state index in [1.807, 2.05) is 0 Å². The molecule has 20 heteroatoms. The number of nitrogens with two attached hydrogens (primary N) is 1. The minimum absolute atomic E-state index is 0.0634. The molecule has 41 heavy (non-hydrogen) atoms. The van der Waals surface area contributed by atoms with Gasteiger partial charge in [0.15, 0.2) is 10.8 Å². The van der Waals surface area contributed by atoms with Crippen molar-refractivity contribution in [2.24, 2.45) is 5.16 Å². The highest BCUT2D eigenvalue weighted by molar-refractivity contribution is 7.84. The number of aliphatic carboxylic acids is 1. The van der Waals surface area contributed by atoms with Crippen molar-refractivity contribution in [2.45, 2.75) is 44.5 Å². The van der Waals surface area contributed by atoms with Gasteiger partial charge in [-0.1, -0.05) is 10.4 Å². The van der Waals surface area contributed by atoms with Gasteiger partial charge in [-0.15, -0.1) is 16.4 Å². The number of rotatable bonds is 12. The van der Waals surface area contributed by atoms with Gasteiger partial charge in [-0.05, 0) is 13.8 Å². The molecule has 0 spiro atoms. The highest BCUT2D eigenvalue weighted by atomic mass is 32.2. The minimum Gasteiger partial charge on any atom is -0.478 e. The first-order valence-corrected chi connectivity index (χ1v) is 14.7. The van der Waals surface area contributed by atoms with Crippen LogP contribution in [0.4, 0.5) is 5.13 Å². The Kier molecular flexibility index (Phi) is 8.87. The third-order valence-electron chi connectivity index (χ3n) is 6.42. The van der Waals surface area contributed by atoms with E-state index in [4.69, 9.17) is 10.6 Å². The summed E-state index contributed by atoms with van der Waals surface area (Å²) in [5, 5.41) is 28.2. The molecule has 224 valence electrons. The van der Waals surface area contributed by atoms with Crippen LogP contribution < -0.4 is 16.4 Å². The Labute approximate surface area is 238 Å². The first kappa shape index (κ1) is 30.2. The van der Waals surface area contributed by atoms with E-state index in [1.54, 1.807) is 6.20 Å². The molecule has 2 amide bonds. The molecule has 0 aliphatic carbocycles. The highest BCUT2D eigenvalue weighted by Gasteiger charge is 2.54. The molecular formula is C21H30N10O8S2. The molecule has 4 rings (SSSR count). The predicted octanol–water partition coefficient (Wildman–Crippen LogP) is -2.45. The zero-order chi connectivity index (χ0) is 29.9. The number of β-lactam (4-membered cyclic amide) rings is 1. The van der Waals surface area contributed by atoms with Crippen molar-refractivity contribution in [1.29, 1.82) is 0 Å². The van der Waals surface area contributed by atoms with Gasteiger partial charge in [0.25, 0.3) is 11.8 Å². The number of oxime groups is 1. The number of aromatic nitrogens is 4. The van der Waals surface area contributed by atoms with Gasteiger partial charge in [-0.2, -0.15) is 8.42 Å². The number of thiazole rings is 1. The molecule has 2 fully saturated rings. The summed E-state index contributed by atoms with van der Waals surface area (Å²) in [7, 11) is -4.97. The Morgan fingerprint density at radius 1 is 1.34 bits per heavy atom. The van der Waals surface area contributed by atoms with Gasteiger partial charge in [0.1, 0.15) is 11.7 Å². The quantitative estimate of drug-likeness (QED) is 0.0721. The number of carboxylic acid groups (broad SMARTS) is 1. The first-order chi connectivity index (χ1) is 19.3. The molecule has 2 atom stereocenters. The number of carbonyl (C=O) groups is 3. The number of anilines is 1. The van der Waals surface area contributed by atoms with Crippen LogP contribution in [0.3, 0.4) is 0 Å². The van der Waals surface area contributed by atoms with Crippen molar-refractivity contribution in [3.05, 3.63) is 23.0 Å². The summed E-state index contributed by atoms with van der Waals surface area (Å²) >= 11 is 0.972. The molecule has 0 aromatic carbocycles. The fourth-order valence-corrected chi connectivity index (χ4v) is 5.51. The molecule has 2 saturated heterocycles. The third kappa shape index (κ3) is 7.14. The van der Waals surface area contributed by atoms with Gasteiger partial charge in [-0.25, -0.2) is 14.1 Å². The van der Waals surface area contributed by atoms with Crippen molar-refractivity contribution < 1.29 is 37.3 Å². The third-order valence-corrected chi connectivity index (χ3v) is 8.04. The molecule has 0 radical (unpaired) electrons. The van der Waals surface area contributed by atoms with Gasteiger partial charge >= 0.3 is 16.3 Å². The predicted molar refractivity (Wildman–Crippen MR) is 143 cm³/mol. The van der Waals surface area contributed by atoms with Crippen molar-refractivity contribution in [1.82, 2.24) is 39.8 Å². The summed E-state index contributed by atoms with van der Waals surface area (Å²) in [6.07, 6.45) is 2.19. The van der Waals surface area contributed by atoms with Crippen molar-refractivity contribution >= 4 is 50.3 Å². The summed E-state index contributed by atoms with van der Waals surface area (Å²) in [5.41, 5.74) is 3.91. The van der Waals surface area contributed by atoms with E-state index in [2.05, 4.69) is 36.0 Å². The lowest BCUT2D eigenvalue weighted by Gasteiger charge is -2.43. The maximum absolute atomic E-state index is 13.2. The molecule has 2 aliphatic rings. The lowest BCUT2D eigenvalue weighted by Crippen LogP contribution is -2.73. The van der Waals surface area contributed by atoms with E-state index in [-0.39, 0.29) is 21.7 Å². The second-order valence-electron chi connectivity index (χ2n) is 9.82. The van der Waals surface area contributed by atoms with Gasteiger partial charge in [0.05, 0.1) is 18.3 Å². The van der Waals surface area contributed by atoms with Crippen LogP contribution >= 0.6 is 11.3 Å². The standard InChI is InChI=1S/C21H30N10O8S2/c1-21(2,19(34)35)39-27-15(13-11-40-20(22)24-13)17(32)25-16-14(31(18(16)33)41(36,37)38)10-30-9-12(26-28-30)3-6-29-7-4-23-5-8-29/h9,11,14,16,23H,3-8,10H2,1-2H3,(H2,22,24)(H,25,32)(H,34,35)(H,36,37,38)/b27-15+/t14-,16+/m1/s1. The number of nitrogens with zero attached hydrogens (tertiary/aromatic N) is 7. The lowest BCUT2D eigenvalue weighted by atomic mass is 9.98. The molecule has 18 nitrogen and oxygen atoms in total. The SMILES string of the molecule is CC(C)(O/N=C(/C(=O)N[C@@H]1C(=O)N(S(=O)(=O)O)[C@@H]1Cn1cc(CCN2CCNCC2)nn1)c1csc(N)n1)C(=O)O. The molecule has 2 aliphatic heterocycles. The average molecular weight is 615 g/mol. The molecule has 0 saturated carbocycles. The molecule has 2 aromatic heterocycles. The van der Waals surface area contributed by atoms with Crippen LogP contribution in [0.25, 0.3) is 0 Å². The number of nitrogens with one attached hydrogen (secondary N) is 2. The zero-order valence-corrected chi connectivity index (χ0v) is 23.8. The first-order valence-electron chi connectivity index (χ1n) is 12.4. The maximum Gasteiger partial charge on any atom is 0.362 e. The lowest BCUT2D eigenvalue weighted by molar-refractivity contribution is -0.161. The van der Waals surface area contributed by atoms with Crippen LogP contribution in [-0.2, 0) is 42.5 Å². The van der Waals surface area contributed by atoms with E-state index >= 15 is 0 Å². The van der Waals surface area contributed by atoms with E-state index in [0.717, 1.165) is 44.1 Å². The number of carbonyl (C=O) groups excluding carboxylic acids is 2. The van der Waals surface area contributed by atoms with Gasteiger partial charge in [0.2, 0.25) is 5.60 Å². The molecule has 0 bridgehead atoms. The van der Waals surface area contributed by atoms with Gasteiger partial charge in [-0.3, -0.25) is 18.8 Å². The van der Waals surface area contributed by atoms with E-state index in [0.29, 0.717) is 12.1 Å². The van der Waals surface area contributed by atoms with E-state index in [1.165, 1.54) is 23.9 Å². The van der Waals surface area contributed by atoms with Crippen LogP contribution in [0.2, 0.25) is 0 Å². The Balaban J connectivity index is 1.50. The Morgan fingerprint density at radius 3 is 2.66 bits per heavy atom. The largest absolute Gasteiger partial charge is 0.478 e. The second-order valence-corrected chi connectivity index (χ2v) is 12.0. The van der Waals surface area contributed by atoms with Crippen molar-refractivity contribution in [2.75, 3.05) is 38.5 Å². The number of carboxylic acids is 1. The topological polar surface area (TPSA) is 248 Å². The van der Waals surface area contributed by atoms with E-state index in [9.17, 15) is 32.5 Å². The number of hydrogen-bond acceptors (Lipinski definition) is 14. The molecule has 4 heterocycles. The van der Waals surface area contributed by atoms with Crippen LogP contribution in [0.15, 0.2) is 16.7 Å². The van der Waals surface area contributed by atoms with Gasteiger partial charge < -0.3 is 31.2 Å². The summed E-state index contributed by atoms with van der Waals surface area (Å²) in [6.45, 7) is 6.53. The molecule has 2 aromatic rings. The monoisotopic (exact) mass is 614 g/mol. The average Bonchev–Trinajstić information content (AvgIpc) is 3.54. The van der Waals surface area contributed by atoms with Crippen LogP contribution in [-0.4, -0.2) is 121 Å². The van der Waals surface area contributed by atoms with Gasteiger partial charge in [0, 0.05) is 50.7 Å². The van der Waals surface area contributed by atoms with Crippen molar-refractivity contribution in [3.8, 4) is 0 Å². The highest BCUT2D eigenvalue weighted by Crippen LogP contribution is 2.25.